The Morgan fingerprint density at radius 2 is 2.00 bits per heavy atom. The average molecular weight is 214 g/mol. The van der Waals surface area contributed by atoms with E-state index < -0.39 is 0 Å². The van der Waals surface area contributed by atoms with E-state index in [9.17, 15) is 0 Å². The normalized spacial score (nSPS) is 11.7. The van der Waals surface area contributed by atoms with Crippen molar-refractivity contribution in [3.05, 3.63) is 36.5 Å². The van der Waals surface area contributed by atoms with Gasteiger partial charge in [0, 0.05) is 23.8 Å². The van der Waals surface area contributed by atoms with E-state index in [2.05, 4.69) is 55.3 Å². The molecule has 84 valence electrons. The second-order valence-electron chi connectivity index (χ2n) is 5.33. The molecule has 2 aromatic rings. The lowest BCUT2D eigenvalue weighted by Gasteiger charge is -2.19. The monoisotopic (exact) mass is 214 g/mol. The molecule has 0 saturated heterocycles. The van der Waals surface area contributed by atoms with Crippen molar-refractivity contribution in [3.63, 3.8) is 0 Å². The van der Waals surface area contributed by atoms with Crippen LogP contribution in [-0.2, 0) is 0 Å². The van der Waals surface area contributed by atoms with Gasteiger partial charge in [-0.15, -0.1) is 0 Å². The number of pyridine rings is 1. The molecular weight excluding hydrogens is 196 g/mol. The van der Waals surface area contributed by atoms with Crippen LogP contribution >= 0.6 is 0 Å². The molecule has 0 unspecified atom stereocenters. The third kappa shape index (κ3) is 2.72. The van der Waals surface area contributed by atoms with Gasteiger partial charge in [0.05, 0.1) is 5.52 Å². The minimum atomic E-state index is 0.296. The molecule has 2 heteroatoms. The number of aromatic nitrogens is 1. The van der Waals surface area contributed by atoms with Gasteiger partial charge in [-0.3, -0.25) is 4.98 Å². The molecule has 1 N–H and O–H groups in total. The Morgan fingerprint density at radius 3 is 2.75 bits per heavy atom. The van der Waals surface area contributed by atoms with Crippen molar-refractivity contribution in [2.45, 2.75) is 20.8 Å². The van der Waals surface area contributed by atoms with E-state index in [0.717, 1.165) is 17.7 Å². The lowest BCUT2D eigenvalue weighted by Crippen LogP contribution is -2.18. The van der Waals surface area contributed by atoms with Crippen molar-refractivity contribution >= 4 is 16.6 Å². The van der Waals surface area contributed by atoms with E-state index in [0.29, 0.717) is 5.41 Å². The number of nitrogens with zero attached hydrogens (tertiary/aromatic N) is 1. The van der Waals surface area contributed by atoms with E-state index in [-0.39, 0.29) is 0 Å². The van der Waals surface area contributed by atoms with Crippen LogP contribution in [0.15, 0.2) is 36.5 Å². The van der Waals surface area contributed by atoms with Gasteiger partial charge >= 0.3 is 0 Å². The molecule has 0 aliphatic heterocycles. The number of fused-ring (bicyclic) bond motifs is 1. The van der Waals surface area contributed by atoms with Crippen LogP contribution in [0.1, 0.15) is 20.8 Å². The van der Waals surface area contributed by atoms with Crippen molar-refractivity contribution in [2.24, 2.45) is 5.41 Å². The molecule has 16 heavy (non-hydrogen) atoms. The summed E-state index contributed by atoms with van der Waals surface area (Å²) in [4.78, 5) is 4.30. The summed E-state index contributed by atoms with van der Waals surface area (Å²) in [5.41, 5.74) is 2.50. The SMILES string of the molecule is CC(C)(C)CNc1ccc2ncccc2c1. The molecule has 1 aromatic heterocycles. The molecule has 0 amide bonds. The minimum Gasteiger partial charge on any atom is -0.385 e. The van der Waals surface area contributed by atoms with Crippen LogP contribution in [0.25, 0.3) is 10.9 Å². The van der Waals surface area contributed by atoms with Crippen LogP contribution in [0.4, 0.5) is 5.69 Å². The molecule has 0 aliphatic rings. The van der Waals surface area contributed by atoms with E-state index in [1.807, 2.05) is 12.3 Å². The van der Waals surface area contributed by atoms with Gasteiger partial charge in [-0.05, 0) is 29.7 Å². The van der Waals surface area contributed by atoms with Crippen molar-refractivity contribution < 1.29 is 0 Å². The van der Waals surface area contributed by atoms with Crippen LogP contribution in [0.2, 0.25) is 0 Å². The predicted molar refractivity (Wildman–Crippen MR) is 69.7 cm³/mol. The fourth-order valence-electron chi connectivity index (χ4n) is 1.55. The highest BCUT2D eigenvalue weighted by Gasteiger charge is 2.09. The minimum absolute atomic E-state index is 0.296. The van der Waals surface area contributed by atoms with Gasteiger partial charge in [-0.2, -0.15) is 0 Å². The number of nitrogens with one attached hydrogen (secondary N) is 1. The van der Waals surface area contributed by atoms with Crippen molar-refractivity contribution in [1.82, 2.24) is 4.98 Å². The first kappa shape index (κ1) is 10.9. The van der Waals surface area contributed by atoms with E-state index in [4.69, 9.17) is 0 Å². The highest BCUT2D eigenvalue weighted by atomic mass is 14.9. The second kappa shape index (κ2) is 4.12. The number of anilines is 1. The predicted octanol–water partition coefficient (Wildman–Crippen LogP) is 3.69. The van der Waals surface area contributed by atoms with Crippen LogP contribution in [-0.4, -0.2) is 11.5 Å². The first-order valence-corrected chi connectivity index (χ1v) is 5.63. The Hall–Kier alpha value is -1.57. The average Bonchev–Trinajstić information content (AvgIpc) is 2.25. The van der Waals surface area contributed by atoms with E-state index in [1.165, 1.54) is 5.39 Å². The molecule has 0 spiro atoms. The van der Waals surface area contributed by atoms with Gasteiger partial charge in [0.1, 0.15) is 0 Å². The number of hydrogen-bond donors (Lipinski definition) is 1. The van der Waals surface area contributed by atoms with Gasteiger partial charge < -0.3 is 5.32 Å². The summed E-state index contributed by atoms with van der Waals surface area (Å²) >= 11 is 0. The maximum atomic E-state index is 4.30. The largest absolute Gasteiger partial charge is 0.385 e. The molecule has 0 radical (unpaired) electrons. The zero-order chi connectivity index (χ0) is 11.6. The molecule has 0 bridgehead atoms. The summed E-state index contributed by atoms with van der Waals surface area (Å²) in [7, 11) is 0. The topological polar surface area (TPSA) is 24.9 Å². The van der Waals surface area contributed by atoms with Crippen LogP contribution in [0.5, 0.6) is 0 Å². The lowest BCUT2D eigenvalue weighted by molar-refractivity contribution is 0.443. The Morgan fingerprint density at radius 1 is 1.19 bits per heavy atom. The molecule has 2 nitrogen and oxygen atoms in total. The highest BCUT2D eigenvalue weighted by molar-refractivity contribution is 5.82. The Kier molecular flexibility index (Phi) is 2.82. The van der Waals surface area contributed by atoms with Gasteiger partial charge in [0.2, 0.25) is 0 Å². The maximum Gasteiger partial charge on any atom is 0.0703 e. The zero-order valence-corrected chi connectivity index (χ0v) is 10.1. The van der Waals surface area contributed by atoms with E-state index in [1.54, 1.807) is 0 Å². The van der Waals surface area contributed by atoms with Gasteiger partial charge in [0.15, 0.2) is 0 Å². The molecule has 0 aliphatic carbocycles. The molecule has 1 aromatic carbocycles. The fraction of sp³-hybridized carbons (Fsp3) is 0.357. The fourth-order valence-corrected chi connectivity index (χ4v) is 1.55. The molecule has 0 fully saturated rings. The molecule has 1 heterocycles. The summed E-state index contributed by atoms with van der Waals surface area (Å²) in [6.45, 7) is 7.65. The first-order valence-electron chi connectivity index (χ1n) is 5.63. The molecule has 2 rings (SSSR count). The Labute approximate surface area is 96.7 Å². The lowest BCUT2D eigenvalue weighted by atomic mass is 9.97. The zero-order valence-electron chi connectivity index (χ0n) is 10.1. The summed E-state index contributed by atoms with van der Waals surface area (Å²) in [5.74, 6) is 0. The van der Waals surface area contributed by atoms with Gasteiger partial charge in [-0.1, -0.05) is 26.8 Å². The van der Waals surface area contributed by atoms with E-state index >= 15 is 0 Å². The summed E-state index contributed by atoms with van der Waals surface area (Å²) in [6.07, 6.45) is 1.82. The standard InChI is InChI=1S/C14H18N2/c1-14(2,3)10-16-12-6-7-13-11(9-12)5-4-8-15-13/h4-9,16H,10H2,1-3H3. The quantitative estimate of drug-likeness (QED) is 0.824. The van der Waals surface area contributed by atoms with Crippen molar-refractivity contribution in [1.29, 1.82) is 0 Å². The maximum absolute atomic E-state index is 4.30. The summed E-state index contributed by atoms with van der Waals surface area (Å²) in [5, 5.41) is 4.63. The second-order valence-corrected chi connectivity index (χ2v) is 5.33. The highest BCUT2D eigenvalue weighted by Crippen LogP contribution is 2.19. The van der Waals surface area contributed by atoms with Crippen LogP contribution in [0, 0.1) is 5.41 Å². The molecule has 0 saturated carbocycles. The molecule has 0 atom stereocenters. The Balaban J connectivity index is 2.20. The van der Waals surface area contributed by atoms with Crippen LogP contribution in [0.3, 0.4) is 0 Å². The third-order valence-electron chi connectivity index (χ3n) is 2.43. The van der Waals surface area contributed by atoms with Crippen LogP contribution < -0.4 is 5.32 Å². The number of rotatable bonds is 2. The van der Waals surface area contributed by atoms with Gasteiger partial charge in [-0.25, -0.2) is 0 Å². The van der Waals surface area contributed by atoms with Crippen molar-refractivity contribution in [2.75, 3.05) is 11.9 Å². The summed E-state index contributed by atoms with van der Waals surface area (Å²) in [6, 6.07) is 10.3. The van der Waals surface area contributed by atoms with Gasteiger partial charge in [0.25, 0.3) is 0 Å². The molecular formula is C14H18N2. The smallest absolute Gasteiger partial charge is 0.0703 e. The van der Waals surface area contributed by atoms with Crippen molar-refractivity contribution in [3.8, 4) is 0 Å². The third-order valence-corrected chi connectivity index (χ3v) is 2.43. The summed E-state index contributed by atoms with van der Waals surface area (Å²) < 4.78 is 0. The number of hydrogen-bond acceptors (Lipinski definition) is 2. The number of benzene rings is 1. The Bertz CT molecular complexity index is 483. The first-order chi connectivity index (χ1) is 7.54.